The van der Waals surface area contributed by atoms with E-state index in [-0.39, 0.29) is 0 Å². The number of nitrogens with two attached hydrogens (primary N) is 1. The van der Waals surface area contributed by atoms with Crippen LogP contribution in [-0.2, 0) is 0 Å². The van der Waals surface area contributed by atoms with E-state index < -0.39 is 0 Å². The first-order valence-electron chi connectivity index (χ1n) is 4.18. The first-order chi connectivity index (χ1) is 7.19. The standard InChI is InChI=1S/C9H11ClN4S/c1-12-13-9(14(11)6-15)7-2-4-8(10)5-3-7/h2-6,12H,11H2,1H3/b13-9-. The van der Waals surface area contributed by atoms with Gasteiger partial charge in [-0.05, 0) is 24.3 Å². The predicted octanol–water partition coefficient (Wildman–Crippen LogP) is 1.35. The number of rotatable bonds is 3. The van der Waals surface area contributed by atoms with Gasteiger partial charge in [0.1, 0.15) is 0 Å². The molecule has 0 fully saturated rings. The van der Waals surface area contributed by atoms with Crippen molar-refractivity contribution in [1.82, 2.24) is 10.4 Å². The molecule has 0 saturated carbocycles. The second-order valence-electron chi connectivity index (χ2n) is 2.68. The van der Waals surface area contributed by atoms with Crippen LogP contribution in [0.1, 0.15) is 5.56 Å². The number of benzene rings is 1. The summed E-state index contributed by atoms with van der Waals surface area (Å²) in [6.45, 7) is 0. The summed E-state index contributed by atoms with van der Waals surface area (Å²) < 4.78 is 0. The van der Waals surface area contributed by atoms with Crippen molar-refractivity contribution >= 4 is 35.1 Å². The highest BCUT2D eigenvalue weighted by atomic mass is 35.5. The third kappa shape index (κ3) is 3.16. The third-order valence-electron chi connectivity index (χ3n) is 1.68. The van der Waals surface area contributed by atoms with Crippen LogP contribution < -0.4 is 11.3 Å². The monoisotopic (exact) mass is 242 g/mol. The molecular weight excluding hydrogens is 232 g/mol. The SMILES string of the molecule is CN/N=C(/c1ccc(Cl)cc1)N(N)C=S. The molecule has 4 nitrogen and oxygen atoms in total. The Kier molecular flexibility index (Phi) is 4.48. The molecule has 0 unspecified atom stereocenters. The molecule has 0 aliphatic rings. The van der Waals surface area contributed by atoms with Gasteiger partial charge in [0.15, 0.2) is 5.84 Å². The van der Waals surface area contributed by atoms with Crippen molar-refractivity contribution in [3.8, 4) is 0 Å². The molecule has 1 aromatic carbocycles. The molecule has 0 amide bonds. The van der Waals surface area contributed by atoms with Gasteiger partial charge in [-0.2, -0.15) is 5.10 Å². The van der Waals surface area contributed by atoms with Crippen LogP contribution >= 0.6 is 23.8 Å². The molecule has 6 heteroatoms. The van der Waals surface area contributed by atoms with Gasteiger partial charge in [0.25, 0.3) is 0 Å². The largest absolute Gasteiger partial charge is 0.311 e. The van der Waals surface area contributed by atoms with Crippen LogP contribution in [0.4, 0.5) is 0 Å². The van der Waals surface area contributed by atoms with Crippen molar-refractivity contribution in [2.24, 2.45) is 10.9 Å². The molecule has 0 aliphatic carbocycles. The Bertz CT molecular complexity index is 363. The highest BCUT2D eigenvalue weighted by Gasteiger charge is 2.07. The number of halogens is 1. The Balaban J connectivity index is 3.04. The number of thiocarbonyl (C=S) groups is 1. The van der Waals surface area contributed by atoms with Crippen LogP contribution in [0.2, 0.25) is 5.02 Å². The highest BCUT2D eigenvalue weighted by Crippen LogP contribution is 2.10. The van der Waals surface area contributed by atoms with Gasteiger partial charge in [0.05, 0.1) is 5.49 Å². The first-order valence-corrected chi connectivity index (χ1v) is 5.03. The molecule has 0 aliphatic heterocycles. The van der Waals surface area contributed by atoms with Gasteiger partial charge in [-0.25, -0.2) is 5.84 Å². The fraction of sp³-hybridized carbons (Fsp3) is 0.111. The molecule has 0 aromatic heterocycles. The molecule has 0 atom stereocenters. The van der Waals surface area contributed by atoms with Gasteiger partial charge in [-0.15, -0.1) is 0 Å². The van der Waals surface area contributed by atoms with E-state index in [1.807, 2.05) is 12.1 Å². The summed E-state index contributed by atoms with van der Waals surface area (Å²) in [6, 6.07) is 7.16. The maximum absolute atomic E-state index is 5.78. The maximum Gasteiger partial charge on any atom is 0.174 e. The molecule has 1 aromatic rings. The smallest absolute Gasteiger partial charge is 0.174 e. The fourth-order valence-corrected chi connectivity index (χ4v) is 1.25. The number of hydrogen-bond donors (Lipinski definition) is 2. The molecule has 15 heavy (non-hydrogen) atoms. The van der Waals surface area contributed by atoms with E-state index in [9.17, 15) is 0 Å². The second kappa shape index (κ2) is 5.65. The van der Waals surface area contributed by atoms with Crippen molar-refractivity contribution in [2.75, 3.05) is 7.05 Å². The number of hydrogen-bond acceptors (Lipinski definition) is 4. The van der Waals surface area contributed by atoms with Crippen LogP contribution in [-0.4, -0.2) is 23.4 Å². The minimum Gasteiger partial charge on any atom is -0.311 e. The quantitative estimate of drug-likeness (QED) is 0.276. The number of hydrazine groups is 1. The summed E-state index contributed by atoms with van der Waals surface area (Å²) in [6.07, 6.45) is 0. The second-order valence-corrected chi connectivity index (χ2v) is 3.33. The minimum atomic E-state index is 0.532. The predicted molar refractivity (Wildman–Crippen MR) is 66.7 cm³/mol. The molecule has 0 saturated heterocycles. The van der Waals surface area contributed by atoms with Crippen molar-refractivity contribution in [3.63, 3.8) is 0 Å². The summed E-state index contributed by atoms with van der Waals surface area (Å²) in [4.78, 5) is 0. The Morgan fingerprint density at radius 1 is 1.53 bits per heavy atom. The average Bonchev–Trinajstić information content (AvgIpc) is 2.26. The summed E-state index contributed by atoms with van der Waals surface area (Å²) in [5, 5.41) is 5.94. The van der Waals surface area contributed by atoms with Gasteiger partial charge in [0.2, 0.25) is 0 Å². The molecule has 3 N–H and O–H groups in total. The van der Waals surface area contributed by atoms with Crippen molar-refractivity contribution < 1.29 is 0 Å². The zero-order valence-corrected chi connectivity index (χ0v) is 9.72. The zero-order chi connectivity index (χ0) is 11.3. The Labute approximate surface area is 98.7 Å². The van der Waals surface area contributed by atoms with E-state index in [1.54, 1.807) is 19.2 Å². The highest BCUT2D eigenvalue weighted by molar-refractivity contribution is 7.78. The first kappa shape index (κ1) is 11.9. The number of nitrogens with zero attached hydrogens (tertiary/aromatic N) is 2. The lowest BCUT2D eigenvalue weighted by Gasteiger charge is -2.14. The van der Waals surface area contributed by atoms with Crippen LogP contribution in [0, 0.1) is 0 Å². The van der Waals surface area contributed by atoms with Crippen LogP contribution in [0.5, 0.6) is 0 Å². The summed E-state index contributed by atoms with van der Waals surface area (Å²) in [7, 11) is 1.69. The zero-order valence-electron chi connectivity index (χ0n) is 8.14. The van der Waals surface area contributed by atoms with Gasteiger partial charge in [-0.1, -0.05) is 23.8 Å². The van der Waals surface area contributed by atoms with E-state index in [0.29, 0.717) is 10.9 Å². The fourth-order valence-electron chi connectivity index (χ4n) is 1.03. The van der Waals surface area contributed by atoms with Gasteiger partial charge < -0.3 is 5.43 Å². The van der Waals surface area contributed by atoms with Gasteiger partial charge >= 0.3 is 0 Å². The minimum absolute atomic E-state index is 0.532. The van der Waals surface area contributed by atoms with E-state index >= 15 is 0 Å². The third-order valence-corrected chi connectivity index (χ3v) is 2.16. The number of hydrazone groups is 1. The topological polar surface area (TPSA) is 53.7 Å². The molecular formula is C9H11ClN4S. The van der Waals surface area contributed by atoms with Crippen molar-refractivity contribution in [1.29, 1.82) is 0 Å². The molecule has 1 rings (SSSR count). The number of nitrogens with one attached hydrogen (secondary N) is 1. The van der Waals surface area contributed by atoms with Crippen LogP contribution in [0.15, 0.2) is 29.4 Å². The van der Waals surface area contributed by atoms with E-state index in [2.05, 4.69) is 10.5 Å². The van der Waals surface area contributed by atoms with Gasteiger partial charge in [-0.3, -0.25) is 5.01 Å². The molecule has 0 heterocycles. The van der Waals surface area contributed by atoms with Gasteiger partial charge in [0, 0.05) is 17.6 Å². The maximum atomic E-state index is 5.78. The molecule has 80 valence electrons. The van der Waals surface area contributed by atoms with E-state index in [1.165, 1.54) is 10.5 Å². The summed E-state index contributed by atoms with van der Waals surface area (Å²) in [5.41, 5.74) is 4.80. The lowest BCUT2D eigenvalue weighted by atomic mass is 10.2. The van der Waals surface area contributed by atoms with E-state index in [0.717, 1.165) is 5.56 Å². The Morgan fingerprint density at radius 3 is 2.60 bits per heavy atom. The molecule has 0 radical (unpaired) electrons. The van der Waals surface area contributed by atoms with Crippen LogP contribution in [0.3, 0.4) is 0 Å². The van der Waals surface area contributed by atoms with Crippen molar-refractivity contribution in [2.45, 2.75) is 0 Å². The Hall–Kier alpha value is -1.17. The number of amidine groups is 1. The Morgan fingerprint density at radius 2 is 2.13 bits per heavy atom. The van der Waals surface area contributed by atoms with E-state index in [4.69, 9.17) is 29.7 Å². The molecule has 0 spiro atoms. The summed E-state index contributed by atoms with van der Waals surface area (Å²) >= 11 is 10.5. The lowest BCUT2D eigenvalue weighted by molar-refractivity contribution is 0.670. The molecule has 0 bridgehead atoms. The van der Waals surface area contributed by atoms with Crippen LogP contribution in [0.25, 0.3) is 0 Å². The summed E-state index contributed by atoms with van der Waals surface area (Å²) in [5.74, 6) is 6.17. The average molecular weight is 243 g/mol. The normalized spacial score (nSPS) is 11.0. The van der Waals surface area contributed by atoms with Crippen molar-refractivity contribution in [3.05, 3.63) is 34.9 Å². The lowest BCUT2D eigenvalue weighted by Crippen LogP contribution is -2.37.